The van der Waals surface area contributed by atoms with E-state index in [0.717, 1.165) is 16.9 Å². The number of hydrogen-bond acceptors (Lipinski definition) is 3. The molecule has 2 aromatic carbocycles. The van der Waals surface area contributed by atoms with Crippen LogP contribution in [0, 0.1) is 0 Å². The molecular weight excluding hydrogens is 324 g/mol. The fourth-order valence-corrected chi connectivity index (χ4v) is 2.92. The minimum Gasteiger partial charge on any atom is -0.508 e. The predicted molar refractivity (Wildman–Crippen MR) is 102 cm³/mol. The number of aromatic hydroxyl groups is 1. The Morgan fingerprint density at radius 2 is 1.62 bits per heavy atom. The van der Waals surface area contributed by atoms with Crippen LogP contribution in [-0.4, -0.2) is 14.7 Å². The molecule has 0 aliphatic heterocycles. The summed E-state index contributed by atoms with van der Waals surface area (Å²) in [6.45, 7) is 0. The van der Waals surface area contributed by atoms with Crippen molar-refractivity contribution in [1.29, 1.82) is 0 Å². The molecule has 0 bridgehead atoms. The highest BCUT2D eigenvalue weighted by atomic mass is 16.3. The Kier molecular flexibility index (Phi) is 4.07. The van der Waals surface area contributed by atoms with Gasteiger partial charge in [-0.1, -0.05) is 36.4 Å². The lowest BCUT2D eigenvalue weighted by Crippen LogP contribution is -2.20. The molecule has 0 fully saturated rings. The molecule has 0 radical (unpaired) electrons. The van der Waals surface area contributed by atoms with Crippen LogP contribution in [0.3, 0.4) is 0 Å². The maximum absolute atomic E-state index is 13.1. The zero-order valence-electron chi connectivity index (χ0n) is 13.9. The van der Waals surface area contributed by atoms with Crippen molar-refractivity contribution < 1.29 is 5.11 Å². The van der Waals surface area contributed by atoms with Gasteiger partial charge in [-0.05, 0) is 48.0 Å². The van der Waals surface area contributed by atoms with Crippen LogP contribution in [0.1, 0.15) is 0 Å². The van der Waals surface area contributed by atoms with Gasteiger partial charge >= 0.3 is 0 Å². The first-order chi connectivity index (χ1) is 12.7. The Labute approximate surface area is 150 Å². The van der Waals surface area contributed by atoms with Crippen LogP contribution in [0.25, 0.3) is 28.1 Å². The van der Waals surface area contributed by atoms with Gasteiger partial charge in [-0.25, -0.2) is 0 Å². The Morgan fingerprint density at radius 3 is 2.35 bits per heavy atom. The van der Waals surface area contributed by atoms with Crippen molar-refractivity contribution >= 4 is 0 Å². The minimum atomic E-state index is -0.151. The molecule has 1 N–H and O–H groups in total. The van der Waals surface area contributed by atoms with Gasteiger partial charge in [0.15, 0.2) is 0 Å². The van der Waals surface area contributed by atoms with Gasteiger partial charge < -0.3 is 5.11 Å². The number of phenolic OH excluding ortho intramolecular Hbond substituents is 1. The molecule has 0 spiro atoms. The second-order valence-corrected chi connectivity index (χ2v) is 5.92. The van der Waals surface area contributed by atoms with E-state index in [4.69, 9.17) is 0 Å². The van der Waals surface area contributed by atoms with Gasteiger partial charge in [0.1, 0.15) is 5.75 Å². The molecule has 0 unspecified atom stereocenters. The van der Waals surface area contributed by atoms with Gasteiger partial charge in [0.25, 0.3) is 5.56 Å². The predicted octanol–water partition coefficient (Wildman–Crippen LogP) is 4.27. The number of rotatable bonds is 3. The maximum atomic E-state index is 13.1. The fraction of sp³-hybridized carbons (Fsp3) is 0. The van der Waals surface area contributed by atoms with Gasteiger partial charge in [-0.2, -0.15) is 0 Å². The summed E-state index contributed by atoms with van der Waals surface area (Å²) < 4.78 is 1.61. The monoisotopic (exact) mass is 340 g/mol. The van der Waals surface area contributed by atoms with E-state index in [2.05, 4.69) is 4.98 Å². The summed E-state index contributed by atoms with van der Waals surface area (Å²) >= 11 is 0. The molecular formula is C22H16N2O2. The number of nitrogens with zero attached hydrogens (tertiary/aromatic N) is 2. The zero-order chi connectivity index (χ0) is 17.9. The molecule has 0 saturated heterocycles. The summed E-state index contributed by atoms with van der Waals surface area (Å²) in [5, 5.41) is 9.82. The molecule has 4 aromatic rings. The largest absolute Gasteiger partial charge is 0.508 e. The second kappa shape index (κ2) is 6.69. The van der Waals surface area contributed by atoms with E-state index in [1.54, 1.807) is 35.2 Å². The Bertz CT molecular complexity index is 1100. The van der Waals surface area contributed by atoms with E-state index in [-0.39, 0.29) is 11.3 Å². The third kappa shape index (κ3) is 3.00. The molecule has 4 heteroatoms. The molecule has 26 heavy (non-hydrogen) atoms. The van der Waals surface area contributed by atoms with Crippen molar-refractivity contribution in [1.82, 2.24) is 9.55 Å². The summed E-state index contributed by atoms with van der Waals surface area (Å²) in [6.07, 6.45) is 3.52. The van der Waals surface area contributed by atoms with Gasteiger partial charge in [0, 0.05) is 29.2 Å². The van der Waals surface area contributed by atoms with Gasteiger partial charge in [-0.15, -0.1) is 0 Å². The molecule has 0 saturated carbocycles. The lowest BCUT2D eigenvalue weighted by Gasteiger charge is -2.12. The lowest BCUT2D eigenvalue weighted by atomic mass is 10.0. The number of pyridine rings is 2. The fourth-order valence-electron chi connectivity index (χ4n) is 2.92. The van der Waals surface area contributed by atoms with Crippen LogP contribution in [0.15, 0.2) is 96.1 Å². The van der Waals surface area contributed by atoms with Crippen molar-refractivity contribution in [2.24, 2.45) is 0 Å². The Hall–Kier alpha value is -3.66. The highest BCUT2D eigenvalue weighted by Gasteiger charge is 2.12. The average molecular weight is 340 g/mol. The molecule has 0 atom stereocenters. The van der Waals surface area contributed by atoms with E-state index in [9.17, 15) is 9.90 Å². The van der Waals surface area contributed by atoms with E-state index < -0.39 is 0 Å². The van der Waals surface area contributed by atoms with Crippen molar-refractivity contribution in [3.05, 3.63) is 102 Å². The van der Waals surface area contributed by atoms with E-state index in [0.29, 0.717) is 11.1 Å². The van der Waals surface area contributed by atoms with Gasteiger partial charge in [0.05, 0.1) is 5.69 Å². The molecule has 0 aliphatic carbocycles. The quantitative estimate of drug-likeness (QED) is 0.606. The first kappa shape index (κ1) is 15.8. The van der Waals surface area contributed by atoms with Gasteiger partial charge in [-0.3, -0.25) is 14.3 Å². The number of aromatic nitrogens is 2. The summed E-state index contributed by atoms with van der Waals surface area (Å²) in [4.78, 5) is 17.5. The molecule has 2 aromatic heterocycles. The average Bonchev–Trinajstić information content (AvgIpc) is 2.69. The molecule has 126 valence electrons. The zero-order valence-corrected chi connectivity index (χ0v) is 13.9. The van der Waals surface area contributed by atoms with Crippen molar-refractivity contribution in [3.63, 3.8) is 0 Å². The number of hydrogen-bond donors (Lipinski definition) is 1. The van der Waals surface area contributed by atoms with Crippen molar-refractivity contribution in [2.45, 2.75) is 0 Å². The Morgan fingerprint density at radius 1 is 0.808 bits per heavy atom. The number of phenols is 1. The lowest BCUT2D eigenvalue weighted by molar-refractivity contribution is 0.475. The van der Waals surface area contributed by atoms with Crippen molar-refractivity contribution in [3.8, 4) is 33.8 Å². The summed E-state index contributed by atoms with van der Waals surface area (Å²) in [7, 11) is 0. The summed E-state index contributed by atoms with van der Waals surface area (Å²) in [5.74, 6) is 0.122. The normalized spacial score (nSPS) is 10.6. The second-order valence-electron chi connectivity index (χ2n) is 5.92. The number of benzene rings is 2. The molecule has 0 amide bonds. The molecule has 4 nitrogen and oxygen atoms in total. The van der Waals surface area contributed by atoms with Crippen LogP contribution < -0.4 is 5.56 Å². The third-order valence-corrected chi connectivity index (χ3v) is 4.17. The van der Waals surface area contributed by atoms with Crippen LogP contribution in [-0.2, 0) is 0 Å². The van der Waals surface area contributed by atoms with Crippen LogP contribution in [0.2, 0.25) is 0 Å². The maximum Gasteiger partial charge on any atom is 0.262 e. The van der Waals surface area contributed by atoms with Crippen LogP contribution in [0.4, 0.5) is 0 Å². The minimum absolute atomic E-state index is 0.122. The molecule has 4 rings (SSSR count). The highest BCUT2D eigenvalue weighted by molar-refractivity contribution is 5.71. The van der Waals surface area contributed by atoms with Gasteiger partial charge in [0.2, 0.25) is 0 Å². The van der Waals surface area contributed by atoms with Crippen LogP contribution in [0.5, 0.6) is 5.75 Å². The molecule has 2 heterocycles. The standard InChI is InChI=1S/C22H16N2O2/c25-19-10-6-7-16(13-19)20-14-17(21-11-4-5-12-23-21)15-24(22(20)26)18-8-2-1-3-9-18/h1-15,25H. The van der Waals surface area contributed by atoms with Crippen LogP contribution >= 0.6 is 0 Å². The summed E-state index contributed by atoms with van der Waals surface area (Å²) in [6, 6.07) is 23.7. The van der Waals surface area contributed by atoms with Crippen molar-refractivity contribution in [2.75, 3.05) is 0 Å². The molecule has 0 aliphatic rings. The first-order valence-electron chi connectivity index (χ1n) is 8.25. The SMILES string of the molecule is O=c1c(-c2cccc(O)c2)cc(-c2ccccn2)cn1-c1ccccc1. The first-order valence-corrected chi connectivity index (χ1v) is 8.25. The summed E-state index contributed by atoms with van der Waals surface area (Å²) in [5.41, 5.74) is 3.40. The topological polar surface area (TPSA) is 55.1 Å². The van der Waals surface area contributed by atoms with E-state index in [1.165, 1.54) is 0 Å². The van der Waals surface area contributed by atoms with E-state index in [1.807, 2.05) is 60.7 Å². The number of para-hydroxylation sites is 1. The van der Waals surface area contributed by atoms with E-state index >= 15 is 0 Å². The third-order valence-electron chi connectivity index (χ3n) is 4.17. The smallest absolute Gasteiger partial charge is 0.262 e. The Balaban J connectivity index is 2.01. The highest BCUT2D eigenvalue weighted by Crippen LogP contribution is 2.25.